The van der Waals surface area contributed by atoms with Crippen molar-refractivity contribution in [3.63, 3.8) is 0 Å². The number of hydrogen-bond acceptors (Lipinski definition) is 0. The summed E-state index contributed by atoms with van der Waals surface area (Å²) in [6, 6.07) is 16.1. The Bertz CT molecular complexity index is 712. The van der Waals surface area contributed by atoms with Crippen molar-refractivity contribution in [1.82, 2.24) is 0 Å². The fourth-order valence-electron chi connectivity index (χ4n) is 4.84. The molecule has 0 amide bonds. The molecule has 0 bridgehead atoms. The first kappa shape index (κ1) is 15.8. The summed E-state index contributed by atoms with van der Waals surface area (Å²) in [6.07, 6.45) is 0. The molecule has 1 aliphatic rings. The quantitative estimate of drug-likeness (QED) is 0.560. The minimum Gasteiger partial charge on any atom is -0.0614 e. The highest BCUT2D eigenvalue weighted by Gasteiger charge is 2.65. The first-order valence-corrected chi connectivity index (χ1v) is 10.0. The second kappa shape index (κ2) is 4.68. The molecule has 0 saturated heterocycles. The largest absolute Gasteiger partial charge is 0.108 e. The van der Waals surface area contributed by atoms with Gasteiger partial charge in [0.25, 0.3) is 0 Å². The minimum absolute atomic E-state index is 0.250. The lowest BCUT2D eigenvalue weighted by atomic mass is 10.0. The van der Waals surface area contributed by atoms with Crippen LogP contribution in [0.2, 0.25) is 0 Å². The van der Waals surface area contributed by atoms with Crippen molar-refractivity contribution in [2.45, 2.75) is 58.8 Å². The van der Waals surface area contributed by atoms with E-state index in [9.17, 15) is 0 Å². The van der Waals surface area contributed by atoms with E-state index in [4.69, 9.17) is 0 Å². The number of benzene rings is 2. The van der Waals surface area contributed by atoms with Crippen molar-refractivity contribution in [1.29, 1.82) is 0 Å². The summed E-state index contributed by atoms with van der Waals surface area (Å²) < 4.78 is 0. The maximum absolute atomic E-state index is 2.44. The number of hydrogen-bond donors (Lipinski definition) is 0. The van der Waals surface area contributed by atoms with E-state index in [2.05, 4.69) is 90.9 Å². The lowest BCUT2D eigenvalue weighted by Gasteiger charge is -2.45. The normalized spacial score (nSPS) is 16.3. The maximum Gasteiger partial charge on any atom is 0.108 e. The van der Waals surface area contributed by atoms with Crippen LogP contribution in [0.15, 0.2) is 42.5 Å². The average Bonchev–Trinajstić information content (AvgIpc) is 2.69. The third-order valence-electron chi connectivity index (χ3n) is 5.16. The first-order valence-electron chi connectivity index (χ1n) is 8.22. The topological polar surface area (TPSA) is 0 Å². The Hall–Kier alpha value is -1.13. The number of aryl methyl sites for hydroxylation is 1. The lowest BCUT2D eigenvalue weighted by molar-refractivity contribution is 0.704. The second-order valence-electron chi connectivity index (χ2n) is 8.50. The van der Waals surface area contributed by atoms with Crippen LogP contribution in [-0.4, -0.2) is 10.3 Å². The van der Waals surface area contributed by atoms with Crippen molar-refractivity contribution in [2.24, 2.45) is 0 Å². The van der Waals surface area contributed by atoms with Crippen LogP contribution in [0.5, 0.6) is 0 Å². The third kappa shape index (κ3) is 1.80. The van der Waals surface area contributed by atoms with Gasteiger partial charge in [0.15, 0.2) is 0 Å². The van der Waals surface area contributed by atoms with E-state index in [1.807, 2.05) is 0 Å². The van der Waals surface area contributed by atoms with Crippen molar-refractivity contribution in [3.05, 3.63) is 48.0 Å². The molecular formula is C21H28P+. The Kier molecular flexibility index (Phi) is 3.35. The van der Waals surface area contributed by atoms with E-state index in [1.165, 1.54) is 16.7 Å². The van der Waals surface area contributed by atoms with Crippen LogP contribution >= 0.6 is 7.26 Å². The van der Waals surface area contributed by atoms with Gasteiger partial charge in [-0.25, -0.2) is 0 Å². The van der Waals surface area contributed by atoms with Crippen LogP contribution in [0.4, 0.5) is 0 Å². The predicted octanol–water partition coefficient (Wildman–Crippen LogP) is 5.54. The van der Waals surface area contributed by atoms with Crippen LogP contribution in [0, 0.1) is 6.92 Å². The van der Waals surface area contributed by atoms with Crippen molar-refractivity contribution in [3.8, 4) is 11.1 Å². The zero-order valence-electron chi connectivity index (χ0n) is 15.0. The molecule has 0 N–H and O–H groups in total. The Morgan fingerprint density at radius 2 is 1.23 bits per heavy atom. The summed E-state index contributed by atoms with van der Waals surface area (Å²) >= 11 is 0. The molecule has 0 aliphatic carbocycles. The standard InChI is InChI=1S/C21H28P/c1-15-11-10-14-18-19(15)16-12-8-9-13-17(16)22(18,20(2,3)4)21(5,6)7/h8-14H,1-7H3/q+1. The van der Waals surface area contributed by atoms with E-state index in [1.54, 1.807) is 10.6 Å². The molecular weight excluding hydrogens is 283 g/mol. The van der Waals surface area contributed by atoms with Crippen molar-refractivity contribution < 1.29 is 0 Å². The van der Waals surface area contributed by atoms with Crippen LogP contribution in [0.25, 0.3) is 11.1 Å². The molecule has 0 saturated carbocycles. The lowest BCUT2D eigenvalue weighted by Crippen LogP contribution is -2.44. The highest BCUT2D eigenvalue weighted by Crippen LogP contribution is 2.78. The van der Waals surface area contributed by atoms with Gasteiger partial charge in [-0.15, -0.1) is 0 Å². The van der Waals surface area contributed by atoms with Crippen LogP contribution in [-0.2, 0) is 0 Å². The van der Waals surface area contributed by atoms with Crippen LogP contribution in [0.1, 0.15) is 47.1 Å². The summed E-state index contributed by atoms with van der Waals surface area (Å²) in [6.45, 7) is 16.9. The van der Waals surface area contributed by atoms with Gasteiger partial charge in [0.1, 0.15) is 10.6 Å². The van der Waals surface area contributed by atoms with E-state index in [0.717, 1.165) is 0 Å². The molecule has 0 atom stereocenters. The molecule has 22 heavy (non-hydrogen) atoms. The monoisotopic (exact) mass is 311 g/mol. The summed E-state index contributed by atoms with van der Waals surface area (Å²) in [5.41, 5.74) is 4.41. The van der Waals surface area contributed by atoms with Gasteiger partial charge in [-0.3, -0.25) is 0 Å². The van der Waals surface area contributed by atoms with E-state index in [0.29, 0.717) is 0 Å². The SMILES string of the molecule is Cc1cccc2c1-c1ccccc1[P+]2(C(C)(C)C)C(C)(C)C. The molecule has 3 rings (SSSR count). The fraction of sp³-hybridized carbons (Fsp3) is 0.429. The van der Waals surface area contributed by atoms with E-state index in [-0.39, 0.29) is 10.3 Å². The molecule has 0 unspecified atom stereocenters. The second-order valence-corrected chi connectivity index (χ2v) is 13.5. The molecule has 1 aliphatic heterocycles. The molecule has 0 fully saturated rings. The highest BCUT2D eigenvalue weighted by atomic mass is 31.2. The zero-order valence-corrected chi connectivity index (χ0v) is 15.9. The molecule has 2 aromatic rings. The van der Waals surface area contributed by atoms with Crippen LogP contribution < -0.4 is 10.6 Å². The fourth-order valence-corrected chi connectivity index (χ4v) is 11.8. The summed E-state index contributed by atoms with van der Waals surface area (Å²) in [4.78, 5) is 0. The van der Waals surface area contributed by atoms with Gasteiger partial charge in [-0.05, 0) is 66.2 Å². The molecule has 0 radical (unpaired) electrons. The molecule has 1 heterocycles. The molecule has 0 nitrogen and oxygen atoms in total. The van der Waals surface area contributed by atoms with Gasteiger partial charge in [0, 0.05) is 11.1 Å². The summed E-state index contributed by atoms with van der Waals surface area (Å²) in [5, 5.41) is 3.73. The highest BCUT2D eigenvalue weighted by molar-refractivity contribution is 7.93. The average molecular weight is 311 g/mol. The summed E-state index contributed by atoms with van der Waals surface area (Å²) in [5.74, 6) is 0. The van der Waals surface area contributed by atoms with Gasteiger partial charge in [-0.1, -0.05) is 30.3 Å². The smallest absolute Gasteiger partial charge is 0.0614 e. The van der Waals surface area contributed by atoms with Crippen LogP contribution in [0.3, 0.4) is 0 Å². The number of fused-ring (bicyclic) bond motifs is 3. The Morgan fingerprint density at radius 3 is 1.82 bits per heavy atom. The third-order valence-corrected chi connectivity index (χ3v) is 11.4. The van der Waals surface area contributed by atoms with Gasteiger partial charge < -0.3 is 0 Å². The van der Waals surface area contributed by atoms with E-state index >= 15 is 0 Å². The molecule has 0 spiro atoms. The van der Waals surface area contributed by atoms with Crippen molar-refractivity contribution in [2.75, 3.05) is 0 Å². The van der Waals surface area contributed by atoms with Gasteiger partial charge in [-0.2, -0.15) is 0 Å². The molecule has 116 valence electrons. The Labute approximate surface area is 136 Å². The Balaban J connectivity index is 2.55. The van der Waals surface area contributed by atoms with Crippen molar-refractivity contribution >= 4 is 17.9 Å². The predicted molar refractivity (Wildman–Crippen MR) is 102 cm³/mol. The maximum atomic E-state index is 2.44. The summed E-state index contributed by atoms with van der Waals surface area (Å²) in [7, 11) is -1.52. The van der Waals surface area contributed by atoms with Gasteiger partial charge in [0.2, 0.25) is 0 Å². The Morgan fingerprint density at radius 1 is 0.682 bits per heavy atom. The molecule has 0 aromatic heterocycles. The first-order chi connectivity index (χ1) is 10.1. The number of rotatable bonds is 0. The molecule has 2 aromatic carbocycles. The van der Waals surface area contributed by atoms with Gasteiger partial charge in [0.05, 0.1) is 17.6 Å². The zero-order chi connectivity index (χ0) is 16.3. The molecule has 1 heteroatoms. The van der Waals surface area contributed by atoms with E-state index < -0.39 is 7.26 Å². The minimum atomic E-state index is -1.52. The van der Waals surface area contributed by atoms with Gasteiger partial charge >= 0.3 is 0 Å².